The van der Waals surface area contributed by atoms with E-state index in [1.807, 2.05) is 6.92 Å². The first-order valence-electron chi connectivity index (χ1n) is 8.35. The van der Waals surface area contributed by atoms with E-state index in [0.717, 1.165) is 17.0 Å². The molecule has 1 aliphatic rings. The molecule has 0 N–H and O–H groups in total. The van der Waals surface area contributed by atoms with E-state index in [9.17, 15) is 23.7 Å². The van der Waals surface area contributed by atoms with Crippen LogP contribution in [0.15, 0.2) is 30.3 Å². The van der Waals surface area contributed by atoms with Gasteiger partial charge in [-0.05, 0) is 19.1 Å². The van der Waals surface area contributed by atoms with E-state index in [0.29, 0.717) is 6.61 Å². The van der Waals surface area contributed by atoms with Gasteiger partial charge in [-0.3, -0.25) is 19.8 Å². The minimum Gasteiger partial charge on any atom is -0.489 e. The number of fused-ring (bicyclic) bond motifs is 1. The van der Waals surface area contributed by atoms with E-state index in [1.165, 1.54) is 18.2 Å². The van der Waals surface area contributed by atoms with Crippen molar-refractivity contribution < 1.29 is 32.7 Å². The number of amides is 1. The molecule has 10 heteroatoms. The maximum Gasteiger partial charge on any atom is 0.273 e. The van der Waals surface area contributed by atoms with Crippen molar-refractivity contribution in [1.82, 2.24) is 0 Å². The summed E-state index contributed by atoms with van der Waals surface area (Å²) in [5.41, 5.74) is -0.194. The maximum absolute atomic E-state index is 13.6. The van der Waals surface area contributed by atoms with Gasteiger partial charge in [0.15, 0.2) is 18.4 Å². The zero-order chi connectivity index (χ0) is 20.3. The fourth-order valence-electron chi connectivity index (χ4n) is 2.64. The molecule has 0 atom stereocenters. The number of carbonyl (C=O) groups excluding carboxylic acids is 1. The smallest absolute Gasteiger partial charge is 0.273 e. The quantitative estimate of drug-likeness (QED) is 0.407. The summed E-state index contributed by atoms with van der Waals surface area (Å²) in [4.78, 5) is 24.4. The van der Waals surface area contributed by atoms with Gasteiger partial charge < -0.3 is 14.2 Å². The Bertz CT molecular complexity index is 921. The largest absolute Gasteiger partial charge is 0.489 e. The molecule has 0 aromatic heterocycles. The summed E-state index contributed by atoms with van der Waals surface area (Å²) in [6, 6.07) is 5.27. The molecule has 0 spiro atoms. The number of hydrogen-bond acceptors (Lipinski definition) is 6. The zero-order valence-electron chi connectivity index (χ0n) is 14.8. The van der Waals surface area contributed by atoms with Gasteiger partial charge in [-0.1, -0.05) is 0 Å². The molecule has 148 valence electrons. The van der Waals surface area contributed by atoms with E-state index in [-0.39, 0.29) is 48.4 Å². The third-order valence-electron chi connectivity index (χ3n) is 3.98. The summed E-state index contributed by atoms with van der Waals surface area (Å²) < 4.78 is 43.0. The third-order valence-corrected chi connectivity index (χ3v) is 3.98. The van der Waals surface area contributed by atoms with Crippen molar-refractivity contribution >= 4 is 17.3 Å². The van der Waals surface area contributed by atoms with E-state index in [1.54, 1.807) is 0 Å². The van der Waals surface area contributed by atoms with E-state index < -0.39 is 22.5 Å². The predicted molar refractivity (Wildman–Crippen MR) is 93.7 cm³/mol. The average molecular weight is 394 g/mol. The lowest BCUT2D eigenvalue weighted by molar-refractivity contribution is -0.384. The molecule has 0 radical (unpaired) electrons. The van der Waals surface area contributed by atoms with Crippen LogP contribution in [-0.2, 0) is 4.74 Å². The molecule has 1 heterocycles. The minimum absolute atomic E-state index is 0.0666. The lowest BCUT2D eigenvalue weighted by Gasteiger charge is -2.30. The monoisotopic (exact) mass is 394 g/mol. The van der Waals surface area contributed by atoms with Crippen molar-refractivity contribution in [1.29, 1.82) is 0 Å². The second-order valence-electron chi connectivity index (χ2n) is 5.72. The first kappa shape index (κ1) is 19.5. The highest BCUT2D eigenvalue weighted by Gasteiger charge is 2.31. The molecule has 0 bridgehead atoms. The number of carbonyl (C=O) groups is 1. The van der Waals surface area contributed by atoms with E-state index >= 15 is 0 Å². The number of rotatable bonds is 7. The number of benzene rings is 2. The normalized spacial score (nSPS) is 13.1. The van der Waals surface area contributed by atoms with Gasteiger partial charge in [-0.2, -0.15) is 0 Å². The topological polar surface area (TPSA) is 91.1 Å². The third kappa shape index (κ3) is 3.86. The highest BCUT2D eigenvalue weighted by atomic mass is 19.2. The summed E-state index contributed by atoms with van der Waals surface area (Å²) in [6.45, 7) is 2.33. The summed E-state index contributed by atoms with van der Waals surface area (Å²) in [6.07, 6.45) is 0. The lowest BCUT2D eigenvalue weighted by Crippen LogP contribution is -2.39. The summed E-state index contributed by atoms with van der Waals surface area (Å²) in [7, 11) is 0. The van der Waals surface area contributed by atoms with Crippen LogP contribution in [-0.4, -0.2) is 37.4 Å². The molecule has 1 aliphatic heterocycles. The van der Waals surface area contributed by atoms with Crippen LogP contribution >= 0.6 is 0 Å². The Balaban J connectivity index is 1.94. The number of ether oxygens (including phenoxy) is 3. The van der Waals surface area contributed by atoms with Crippen molar-refractivity contribution in [3.8, 4) is 11.5 Å². The van der Waals surface area contributed by atoms with E-state index in [2.05, 4.69) is 0 Å². The van der Waals surface area contributed by atoms with Gasteiger partial charge >= 0.3 is 0 Å². The zero-order valence-corrected chi connectivity index (χ0v) is 14.8. The van der Waals surface area contributed by atoms with Crippen molar-refractivity contribution in [3.63, 3.8) is 0 Å². The van der Waals surface area contributed by atoms with Gasteiger partial charge in [-0.15, -0.1) is 0 Å². The van der Waals surface area contributed by atoms with Crippen molar-refractivity contribution in [2.75, 3.05) is 31.5 Å². The number of nitro groups is 1. The number of nitro benzene ring substituents is 1. The van der Waals surface area contributed by atoms with Gasteiger partial charge in [0, 0.05) is 18.7 Å². The fourth-order valence-corrected chi connectivity index (χ4v) is 2.64. The predicted octanol–water partition coefficient (Wildman–Crippen LogP) is 3.29. The van der Waals surface area contributed by atoms with Gasteiger partial charge in [0.25, 0.3) is 11.6 Å². The van der Waals surface area contributed by atoms with Crippen molar-refractivity contribution in [2.24, 2.45) is 0 Å². The molecule has 1 amide bonds. The standard InChI is InChI=1S/C18H16F2N2O6/c1-2-26-5-6-27-17-7-11(22(24)25)3-4-15(17)21-10-28-16-9-14(20)13(19)8-12(16)18(21)23/h3-4,7-9H,2,5-6,10H2,1H3. The molecule has 2 aromatic carbocycles. The summed E-state index contributed by atoms with van der Waals surface area (Å²) in [5, 5.41) is 11.1. The molecule has 3 rings (SSSR count). The van der Waals surface area contributed by atoms with Crippen LogP contribution in [0.1, 0.15) is 17.3 Å². The Morgan fingerprint density at radius 2 is 1.96 bits per heavy atom. The van der Waals surface area contributed by atoms with Crippen LogP contribution in [0.4, 0.5) is 20.2 Å². The summed E-state index contributed by atoms with van der Waals surface area (Å²) >= 11 is 0. The molecule has 0 saturated heterocycles. The SMILES string of the molecule is CCOCCOc1cc([N+](=O)[O-])ccc1N1COc2cc(F)c(F)cc2C1=O. The lowest BCUT2D eigenvalue weighted by atomic mass is 10.1. The minimum atomic E-state index is -1.19. The highest BCUT2D eigenvalue weighted by molar-refractivity contribution is 6.09. The van der Waals surface area contributed by atoms with Crippen molar-refractivity contribution in [3.05, 3.63) is 57.6 Å². The van der Waals surface area contributed by atoms with Crippen LogP contribution in [0.25, 0.3) is 0 Å². The first-order chi connectivity index (χ1) is 13.4. The molecule has 0 saturated carbocycles. The molecule has 0 unspecified atom stereocenters. The second kappa shape index (κ2) is 8.17. The maximum atomic E-state index is 13.6. The van der Waals surface area contributed by atoms with Gasteiger partial charge in [0.1, 0.15) is 18.1 Å². The Morgan fingerprint density at radius 3 is 2.68 bits per heavy atom. The Labute approximate surface area is 158 Å². The van der Waals surface area contributed by atoms with Crippen LogP contribution < -0.4 is 14.4 Å². The van der Waals surface area contributed by atoms with Gasteiger partial charge in [0.2, 0.25) is 0 Å². The number of hydrogen-bond donors (Lipinski definition) is 0. The Hall–Kier alpha value is -3.27. The molecule has 28 heavy (non-hydrogen) atoms. The summed E-state index contributed by atoms with van der Waals surface area (Å²) in [5.74, 6) is -2.98. The molecular formula is C18H16F2N2O6. The molecule has 0 aliphatic carbocycles. The van der Waals surface area contributed by atoms with Crippen LogP contribution in [0.5, 0.6) is 11.5 Å². The Morgan fingerprint density at radius 1 is 1.21 bits per heavy atom. The molecular weight excluding hydrogens is 378 g/mol. The van der Waals surface area contributed by atoms with Crippen LogP contribution in [0.3, 0.4) is 0 Å². The molecule has 2 aromatic rings. The highest BCUT2D eigenvalue weighted by Crippen LogP contribution is 2.36. The van der Waals surface area contributed by atoms with E-state index in [4.69, 9.17) is 14.2 Å². The van der Waals surface area contributed by atoms with Crippen LogP contribution in [0.2, 0.25) is 0 Å². The number of halogens is 2. The van der Waals surface area contributed by atoms with Crippen molar-refractivity contribution in [2.45, 2.75) is 6.92 Å². The number of nitrogens with zero attached hydrogens (tertiary/aromatic N) is 2. The Kier molecular flexibility index (Phi) is 5.69. The second-order valence-corrected chi connectivity index (χ2v) is 5.72. The van der Waals surface area contributed by atoms with Gasteiger partial charge in [-0.25, -0.2) is 8.78 Å². The fraction of sp³-hybridized carbons (Fsp3) is 0.278. The van der Waals surface area contributed by atoms with Crippen LogP contribution in [0, 0.1) is 21.7 Å². The molecule has 0 fully saturated rings. The number of non-ortho nitro benzene ring substituents is 1. The number of anilines is 1. The average Bonchev–Trinajstić information content (AvgIpc) is 2.67. The molecule has 8 nitrogen and oxygen atoms in total. The first-order valence-corrected chi connectivity index (χ1v) is 8.35. The van der Waals surface area contributed by atoms with Gasteiger partial charge in [0.05, 0.1) is 28.8 Å².